The second-order valence-corrected chi connectivity index (χ2v) is 5.00. The maximum absolute atomic E-state index is 10.6. The van der Waals surface area contributed by atoms with E-state index in [-0.39, 0.29) is 6.42 Å². The van der Waals surface area contributed by atoms with Gasteiger partial charge in [0, 0.05) is 30.1 Å². The van der Waals surface area contributed by atoms with Gasteiger partial charge in [-0.05, 0) is 24.8 Å². The smallest absolute Gasteiger partial charge is 0.309 e. The van der Waals surface area contributed by atoms with Gasteiger partial charge in [-0.3, -0.25) is 14.5 Å². The first-order valence-electron chi connectivity index (χ1n) is 6.40. The third kappa shape index (κ3) is 2.99. The number of aliphatic carboxylic acids is 1. The molecule has 2 heterocycles. The van der Waals surface area contributed by atoms with E-state index in [9.17, 15) is 4.79 Å². The SMILES string of the molecule is O=C(O)Cc1ccc(-c2cnn(CC3CC3)c2)cn1. The van der Waals surface area contributed by atoms with Crippen LogP contribution >= 0.6 is 0 Å². The molecule has 0 atom stereocenters. The van der Waals surface area contributed by atoms with Gasteiger partial charge in [0.05, 0.1) is 18.3 Å². The minimum absolute atomic E-state index is 0.0405. The summed E-state index contributed by atoms with van der Waals surface area (Å²) in [4.78, 5) is 14.7. The van der Waals surface area contributed by atoms with Crippen molar-refractivity contribution < 1.29 is 9.90 Å². The molecule has 1 aliphatic carbocycles. The van der Waals surface area contributed by atoms with Gasteiger partial charge in [0.15, 0.2) is 0 Å². The molecule has 0 saturated heterocycles. The van der Waals surface area contributed by atoms with Crippen molar-refractivity contribution in [2.45, 2.75) is 25.8 Å². The van der Waals surface area contributed by atoms with Crippen molar-refractivity contribution in [1.29, 1.82) is 0 Å². The maximum atomic E-state index is 10.6. The van der Waals surface area contributed by atoms with Crippen LogP contribution in [0.15, 0.2) is 30.7 Å². The van der Waals surface area contributed by atoms with Crippen LogP contribution in [-0.4, -0.2) is 25.8 Å². The van der Waals surface area contributed by atoms with E-state index in [0.717, 1.165) is 23.6 Å². The Balaban J connectivity index is 1.73. The monoisotopic (exact) mass is 257 g/mol. The second kappa shape index (κ2) is 4.84. The normalized spacial score (nSPS) is 14.5. The number of hydrogen-bond donors (Lipinski definition) is 1. The molecule has 1 saturated carbocycles. The van der Waals surface area contributed by atoms with Crippen LogP contribution in [0.3, 0.4) is 0 Å². The van der Waals surface area contributed by atoms with E-state index < -0.39 is 5.97 Å². The summed E-state index contributed by atoms with van der Waals surface area (Å²) in [5, 5.41) is 13.0. The summed E-state index contributed by atoms with van der Waals surface area (Å²) in [6.07, 6.45) is 8.13. The molecule has 5 nitrogen and oxygen atoms in total. The predicted octanol–water partition coefficient (Wildman–Crippen LogP) is 1.98. The minimum Gasteiger partial charge on any atom is -0.481 e. The molecule has 19 heavy (non-hydrogen) atoms. The average Bonchev–Trinajstić information content (AvgIpc) is 3.06. The lowest BCUT2D eigenvalue weighted by molar-refractivity contribution is -0.136. The molecular weight excluding hydrogens is 242 g/mol. The number of pyridine rings is 1. The van der Waals surface area contributed by atoms with Crippen LogP contribution < -0.4 is 0 Å². The van der Waals surface area contributed by atoms with Gasteiger partial charge in [-0.25, -0.2) is 0 Å². The minimum atomic E-state index is -0.863. The van der Waals surface area contributed by atoms with Gasteiger partial charge >= 0.3 is 5.97 Å². The van der Waals surface area contributed by atoms with Crippen LogP contribution in [-0.2, 0) is 17.8 Å². The molecule has 3 rings (SSSR count). The quantitative estimate of drug-likeness (QED) is 0.889. The van der Waals surface area contributed by atoms with Gasteiger partial charge in [-0.15, -0.1) is 0 Å². The highest BCUT2D eigenvalue weighted by Crippen LogP contribution is 2.30. The number of aromatic nitrogens is 3. The van der Waals surface area contributed by atoms with Gasteiger partial charge in [0.1, 0.15) is 0 Å². The molecule has 2 aromatic heterocycles. The van der Waals surface area contributed by atoms with Gasteiger partial charge in [-0.2, -0.15) is 5.10 Å². The molecule has 98 valence electrons. The third-order valence-corrected chi connectivity index (χ3v) is 3.27. The lowest BCUT2D eigenvalue weighted by atomic mass is 10.1. The van der Waals surface area contributed by atoms with E-state index in [4.69, 9.17) is 5.11 Å². The highest BCUT2D eigenvalue weighted by Gasteiger charge is 2.22. The Morgan fingerprint density at radius 1 is 1.32 bits per heavy atom. The number of carboxylic acids is 1. The summed E-state index contributed by atoms with van der Waals surface area (Å²) in [6.45, 7) is 0.991. The van der Waals surface area contributed by atoms with Gasteiger partial charge in [-0.1, -0.05) is 6.07 Å². The summed E-state index contributed by atoms with van der Waals surface area (Å²) < 4.78 is 1.97. The van der Waals surface area contributed by atoms with Gasteiger partial charge in [0.25, 0.3) is 0 Å². The van der Waals surface area contributed by atoms with Crippen LogP contribution in [0.5, 0.6) is 0 Å². The van der Waals surface area contributed by atoms with Crippen LogP contribution in [0.2, 0.25) is 0 Å². The number of carboxylic acid groups (broad SMARTS) is 1. The molecule has 0 bridgehead atoms. The number of nitrogens with zero attached hydrogens (tertiary/aromatic N) is 3. The van der Waals surface area contributed by atoms with E-state index in [1.54, 1.807) is 12.3 Å². The van der Waals surface area contributed by atoms with E-state index in [2.05, 4.69) is 10.1 Å². The van der Waals surface area contributed by atoms with Gasteiger partial charge in [0.2, 0.25) is 0 Å². The molecule has 5 heteroatoms. The average molecular weight is 257 g/mol. The third-order valence-electron chi connectivity index (χ3n) is 3.27. The van der Waals surface area contributed by atoms with Crippen LogP contribution in [0.4, 0.5) is 0 Å². The Morgan fingerprint density at radius 3 is 2.79 bits per heavy atom. The van der Waals surface area contributed by atoms with E-state index >= 15 is 0 Å². The van der Waals surface area contributed by atoms with Crippen molar-refractivity contribution in [3.05, 3.63) is 36.4 Å². The van der Waals surface area contributed by atoms with Crippen molar-refractivity contribution >= 4 is 5.97 Å². The fourth-order valence-corrected chi connectivity index (χ4v) is 2.03. The van der Waals surface area contributed by atoms with Gasteiger partial charge < -0.3 is 5.11 Å². The summed E-state index contributed by atoms with van der Waals surface area (Å²) in [6, 6.07) is 3.64. The Hall–Kier alpha value is -2.17. The predicted molar refractivity (Wildman–Crippen MR) is 69.5 cm³/mol. The molecule has 1 fully saturated rings. The van der Waals surface area contributed by atoms with E-state index in [1.165, 1.54) is 12.8 Å². The van der Waals surface area contributed by atoms with E-state index in [1.807, 2.05) is 23.1 Å². The fraction of sp³-hybridized carbons (Fsp3) is 0.357. The molecule has 0 radical (unpaired) electrons. The maximum Gasteiger partial charge on any atom is 0.309 e. The summed E-state index contributed by atoms with van der Waals surface area (Å²) in [5.74, 6) is -0.0682. The molecule has 0 amide bonds. The molecule has 2 aromatic rings. The van der Waals surface area contributed by atoms with Crippen LogP contribution in [0.1, 0.15) is 18.5 Å². The highest BCUT2D eigenvalue weighted by atomic mass is 16.4. The molecule has 0 spiro atoms. The first-order chi connectivity index (χ1) is 9.20. The first kappa shape index (κ1) is 11.9. The lowest BCUT2D eigenvalue weighted by Crippen LogP contribution is -2.01. The highest BCUT2D eigenvalue weighted by molar-refractivity contribution is 5.70. The number of rotatable bonds is 5. The zero-order valence-corrected chi connectivity index (χ0v) is 10.5. The number of hydrogen-bond acceptors (Lipinski definition) is 3. The zero-order chi connectivity index (χ0) is 13.2. The molecular formula is C14H15N3O2. The van der Waals surface area contributed by atoms with Crippen LogP contribution in [0, 0.1) is 5.92 Å². The van der Waals surface area contributed by atoms with Crippen molar-refractivity contribution in [3.8, 4) is 11.1 Å². The first-order valence-corrected chi connectivity index (χ1v) is 6.40. The van der Waals surface area contributed by atoms with Crippen molar-refractivity contribution in [1.82, 2.24) is 14.8 Å². The molecule has 0 aliphatic heterocycles. The second-order valence-electron chi connectivity index (χ2n) is 5.00. The Bertz CT molecular complexity index is 585. The van der Waals surface area contributed by atoms with Crippen molar-refractivity contribution in [2.75, 3.05) is 0 Å². The molecule has 1 aliphatic rings. The summed E-state index contributed by atoms with van der Waals surface area (Å²) in [7, 11) is 0. The largest absolute Gasteiger partial charge is 0.481 e. The summed E-state index contributed by atoms with van der Waals surface area (Å²) >= 11 is 0. The standard InChI is InChI=1S/C14H15N3O2/c18-14(19)5-13-4-3-11(6-15-13)12-7-16-17(9-12)8-10-1-2-10/h3-4,6-7,9-10H,1-2,5,8H2,(H,18,19). The number of carbonyl (C=O) groups is 1. The van der Waals surface area contributed by atoms with Crippen LogP contribution in [0.25, 0.3) is 11.1 Å². The Morgan fingerprint density at radius 2 is 2.16 bits per heavy atom. The molecule has 0 unspecified atom stereocenters. The fourth-order valence-electron chi connectivity index (χ4n) is 2.03. The topological polar surface area (TPSA) is 68.0 Å². The van der Waals surface area contributed by atoms with E-state index in [0.29, 0.717) is 5.69 Å². The summed E-state index contributed by atoms with van der Waals surface area (Å²) in [5.41, 5.74) is 2.56. The zero-order valence-electron chi connectivity index (χ0n) is 10.5. The lowest BCUT2D eigenvalue weighted by Gasteiger charge is -2.00. The van der Waals surface area contributed by atoms with Crippen molar-refractivity contribution in [3.63, 3.8) is 0 Å². The Labute approximate surface area is 110 Å². The molecule has 1 N–H and O–H groups in total. The Kier molecular flexibility index (Phi) is 3.03. The molecule has 0 aromatic carbocycles. The van der Waals surface area contributed by atoms with Crippen molar-refractivity contribution in [2.24, 2.45) is 5.92 Å².